The number of aromatic nitrogens is 1. The van der Waals surface area contributed by atoms with Gasteiger partial charge in [-0.3, -0.25) is 4.79 Å². The molecule has 3 aromatic rings. The average Bonchev–Trinajstić information content (AvgIpc) is 3.39. The highest BCUT2D eigenvalue weighted by Crippen LogP contribution is 2.28. The lowest BCUT2D eigenvalue weighted by Crippen LogP contribution is -2.31. The van der Waals surface area contributed by atoms with Gasteiger partial charge in [0.15, 0.2) is 28.7 Å². The number of amidine groups is 1. The van der Waals surface area contributed by atoms with E-state index in [4.69, 9.17) is 15.0 Å². The molecule has 0 saturated carbocycles. The highest BCUT2D eigenvalue weighted by Gasteiger charge is 2.28. The first-order valence-electron chi connectivity index (χ1n) is 9.10. The van der Waals surface area contributed by atoms with E-state index in [0.29, 0.717) is 47.2 Å². The zero-order valence-electron chi connectivity index (χ0n) is 15.3. The van der Waals surface area contributed by atoms with Crippen molar-refractivity contribution in [3.8, 4) is 0 Å². The number of fused-ring (bicyclic) bond motifs is 2. The molecule has 8 nitrogen and oxygen atoms in total. The third kappa shape index (κ3) is 3.00. The summed E-state index contributed by atoms with van der Waals surface area (Å²) in [6, 6.07) is 15.2. The van der Waals surface area contributed by atoms with Crippen LogP contribution in [0.15, 0.2) is 81.4 Å². The van der Waals surface area contributed by atoms with E-state index in [2.05, 4.69) is 20.8 Å². The van der Waals surface area contributed by atoms with Gasteiger partial charge in [-0.2, -0.15) is 0 Å². The standard InChI is InChI=1S/C21H17N5O3/c22-19(27)14-8-4-7-13-16(26-29-17(13)14)20-24-15-9-10-28-18(15)21(25-20)23-11-12-5-2-1-3-6-12/h1-9,23H,10-11H2,(H2,22,27)(H,24,25). The number of nitrogens with two attached hydrogens (primary N) is 1. The predicted molar refractivity (Wildman–Crippen MR) is 107 cm³/mol. The maximum absolute atomic E-state index is 11.7. The molecule has 5 rings (SSSR count). The lowest BCUT2D eigenvalue weighted by molar-refractivity contribution is 0.100. The Bertz CT molecular complexity index is 1210. The normalized spacial score (nSPS) is 15.3. The highest BCUT2D eigenvalue weighted by molar-refractivity contribution is 6.12. The van der Waals surface area contributed by atoms with Crippen molar-refractivity contribution in [3.05, 3.63) is 88.7 Å². The van der Waals surface area contributed by atoms with Crippen LogP contribution in [0, 0.1) is 0 Å². The summed E-state index contributed by atoms with van der Waals surface area (Å²) in [5.74, 6) is 1.20. The number of rotatable bonds is 5. The van der Waals surface area contributed by atoms with E-state index < -0.39 is 5.91 Å². The van der Waals surface area contributed by atoms with Crippen molar-refractivity contribution in [2.45, 2.75) is 6.54 Å². The van der Waals surface area contributed by atoms with Gasteiger partial charge in [-0.05, 0) is 23.8 Å². The molecule has 1 aromatic heterocycles. The smallest absolute Gasteiger partial charge is 0.252 e. The Balaban J connectivity index is 1.53. The van der Waals surface area contributed by atoms with E-state index in [1.807, 2.05) is 42.5 Å². The lowest BCUT2D eigenvalue weighted by atomic mass is 10.1. The molecule has 2 aromatic carbocycles. The highest BCUT2D eigenvalue weighted by atomic mass is 16.5. The molecule has 0 spiro atoms. The third-order valence-electron chi connectivity index (χ3n) is 4.74. The Morgan fingerprint density at radius 2 is 2.03 bits per heavy atom. The van der Waals surface area contributed by atoms with Gasteiger partial charge < -0.3 is 25.6 Å². The van der Waals surface area contributed by atoms with Crippen molar-refractivity contribution < 1.29 is 14.1 Å². The minimum atomic E-state index is -0.573. The Labute approximate surface area is 165 Å². The molecule has 3 heterocycles. The SMILES string of the molecule is NC(=O)c1cccc2c(C3=NC(NCc4ccccc4)=C4OCC=C4N3)noc12. The van der Waals surface area contributed by atoms with Gasteiger partial charge in [0.25, 0.3) is 5.91 Å². The Hall–Kier alpha value is -4.07. The molecule has 144 valence electrons. The number of ether oxygens (including phenoxy) is 1. The number of nitrogens with zero attached hydrogens (tertiary/aromatic N) is 2. The molecular weight excluding hydrogens is 370 g/mol. The topological polar surface area (TPSA) is 115 Å². The maximum atomic E-state index is 11.7. The van der Waals surface area contributed by atoms with Crippen LogP contribution in [0.3, 0.4) is 0 Å². The molecule has 0 bridgehead atoms. The van der Waals surface area contributed by atoms with Crippen LogP contribution in [-0.4, -0.2) is 23.5 Å². The molecule has 29 heavy (non-hydrogen) atoms. The maximum Gasteiger partial charge on any atom is 0.252 e. The molecule has 0 aliphatic carbocycles. The number of carbonyl (C=O) groups is 1. The van der Waals surface area contributed by atoms with Gasteiger partial charge in [-0.25, -0.2) is 4.99 Å². The molecule has 4 N–H and O–H groups in total. The molecule has 0 saturated heterocycles. The quantitative estimate of drug-likeness (QED) is 0.618. The summed E-state index contributed by atoms with van der Waals surface area (Å²) in [5.41, 5.74) is 8.48. The number of benzene rings is 2. The summed E-state index contributed by atoms with van der Waals surface area (Å²) in [5, 5.41) is 11.4. The number of nitrogens with one attached hydrogen (secondary N) is 2. The Morgan fingerprint density at radius 3 is 2.86 bits per heavy atom. The van der Waals surface area contributed by atoms with Crippen LogP contribution in [0.1, 0.15) is 21.6 Å². The fourth-order valence-electron chi connectivity index (χ4n) is 3.34. The van der Waals surface area contributed by atoms with Crippen molar-refractivity contribution in [1.29, 1.82) is 0 Å². The summed E-state index contributed by atoms with van der Waals surface area (Å²) < 4.78 is 11.1. The van der Waals surface area contributed by atoms with Crippen LogP contribution in [-0.2, 0) is 11.3 Å². The van der Waals surface area contributed by atoms with Gasteiger partial charge in [0.1, 0.15) is 6.61 Å². The van der Waals surface area contributed by atoms with Crippen LogP contribution in [0.5, 0.6) is 0 Å². The first-order chi connectivity index (χ1) is 14.2. The zero-order chi connectivity index (χ0) is 19.8. The third-order valence-corrected chi connectivity index (χ3v) is 4.74. The molecule has 0 unspecified atom stereocenters. The van der Waals surface area contributed by atoms with Crippen molar-refractivity contribution in [2.75, 3.05) is 6.61 Å². The summed E-state index contributed by atoms with van der Waals surface area (Å²) >= 11 is 0. The van der Waals surface area contributed by atoms with Crippen LogP contribution < -0.4 is 16.4 Å². The molecule has 0 atom stereocenters. The molecular formula is C21H17N5O3. The number of hydrogen-bond acceptors (Lipinski definition) is 7. The molecule has 8 heteroatoms. The predicted octanol–water partition coefficient (Wildman–Crippen LogP) is 2.15. The molecule has 2 aliphatic heterocycles. The molecule has 0 radical (unpaired) electrons. The Kier molecular flexibility index (Phi) is 4.02. The number of hydrogen-bond donors (Lipinski definition) is 3. The first kappa shape index (κ1) is 17.1. The number of amides is 1. The second kappa shape index (κ2) is 6.83. The van der Waals surface area contributed by atoms with E-state index in [1.165, 1.54) is 0 Å². The van der Waals surface area contributed by atoms with Gasteiger partial charge in [0, 0.05) is 6.54 Å². The van der Waals surface area contributed by atoms with Crippen molar-refractivity contribution in [2.24, 2.45) is 10.7 Å². The van der Waals surface area contributed by atoms with E-state index in [-0.39, 0.29) is 5.56 Å². The van der Waals surface area contributed by atoms with Crippen LogP contribution in [0.25, 0.3) is 11.0 Å². The zero-order valence-corrected chi connectivity index (χ0v) is 15.3. The van der Waals surface area contributed by atoms with E-state index >= 15 is 0 Å². The molecule has 2 aliphatic rings. The fraction of sp³-hybridized carbons (Fsp3) is 0.0952. The fourth-order valence-corrected chi connectivity index (χ4v) is 3.34. The van der Waals surface area contributed by atoms with Gasteiger partial charge in [0.05, 0.1) is 16.6 Å². The van der Waals surface area contributed by atoms with Crippen LogP contribution in [0.2, 0.25) is 0 Å². The monoisotopic (exact) mass is 387 g/mol. The number of aliphatic imine (C=N–C) groups is 1. The van der Waals surface area contributed by atoms with Crippen LogP contribution >= 0.6 is 0 Å². The van der Waals surface area contributed by atoms with Crippen molar-refractivity contribution >= 4 is 22.7 Å². The second-order valence-electron chi connectivity index (χ2n) is 6.61. The number of carbonyl (C=O) groups excluding carboxylic acids is 1. The van der Waals surface area contributed by atoms with Crippen molar-refractivity contribution in [1.82, 2.24) is 15.8 Å². The van der Waals surface area contributed by atoms with Gasteiger partial charge in [0.2, 0.25) is 0 Å². The Morgan fingerprint density at radius 1 is 1.17 bits per heavy atom. The number of primary amides is 1. The number of para-hydroxylation sites is 1. The first-order valence-corrected chi connectivity index (χ1v) is 9.10. The summed E-state index contributed by atoms with van der Waals surface area (Å²) in [6.07, 6.45) is 1.94. The van der Waals surface area contributed by atoms with Crippen molar-refractivity contribution in [3.63, 3.8) is 0 Å². The van der Waals surface area contributed by atoms with E-state index in [1.54, 1.807) is 12.1 Å². The van der Waals surface area contributed by atoms with E-state index in [9.17, 15) is 4.79 Å². The minimum absolute atomic E-state index is 0.278. The van der Waals surface area contributed by atoms with Crippen LogP contribution in [0.4, 0.5) is 0 Å². The van der Waals surface area contributed by atoms with Gasteiger partial charge in [-0.15, -0.1) is 0 Å². The van der Waals surface area contributed by atoms with E-state index in [0.717, 1.165) is 11.3 Å². The summed E-state index contributed by atoms with van der Waals surface area (Å²) in [4.78, 5) is 16.3. The molecule has 0 fully saturated rings. The summed E-state index contributed by atoms with van der Waals surface area (Å²) in [7, 11) is 0. The lowest BCUT2D eigenvalue weighted by Gasteiger charge is -2.19. The summed E-state index contributed by atoms with van der Waals surface area (Å²) in [6.45, 7) is 1.06. The van der Waals surface area contributed by atoms with Gasteiger partial charge >= 0.3 is 0 Å². The largest absolute Gasteiger partial charge is 0.483 e. The average molecular weight is 387 g/mol. The molecule has 1 amide bonds. The second-order valence-corrected chi connectivity index (χ2v) is 6.61. The minimum Gasteiger partial charge on any atom is -0.483 e. The van der Waals surface area contributed by atoms with Gasteiger partial charge in [-0.1, -0.05) is 41.6 Å².